The molecule has 1 N–H and O–H groups in total. The van der Waals surface area contributed by atoms with Crippen molar-refractivity contribution in [1.82, 2.24) is 4.57 Å². The number of nitrogens with zero attached hydrogens (tertiary/aromatic N) is 1. The second-order valence-electron chi connectivity index (χ2n) is 9.63. The summed E-state index contributed by atoms with van der Waals surface area (Å²) in [5.74, 6) is 0.0480. The molecule has 6 nitrogen and oxygen atoms in total. The van der Waals surface area contributed by atoms with E-state index in [4.69, 9.17) is 9.15 Å². The number of hydrogen-bond donors (Lipinski definition) is 1. The number of pyridine rings is 1. The quantitative estimate of drug-likeness (QED) is 0.324. The second kappa shape index (κ2) is 8.69. The minimum absolute atomic E-state index is 0.0538. The Kier molecular flexibility index (Phi) is 5.64. The van der Waals surface area contributed by atoms with Crippen molar-refractivity contribution < 1.29 is 27.4 Å². The largest absolute Gasteiger partial charge is 0.505 e. The molecule has 2 aromatic carbocycles. The lowest BCUT2D eigenvalue weighted by Gasteiger charge is -2.34. The van der Waals surface area contributed by atoms with E-state index in [1.54, 1.807) is 23.8 Å². The van der Waals surface area contributed by atoms with Crippen molar-refractivity contribution in [3.05, 3.63) is 86.1 Å². The van der Waals surface area contributed by atoms with Gasteiger partial charge in [-0.2, -0.15) is 13.2 Å². The van der Waals surface area contributed by atoms with Gasteiger partial charge in [0.05, 0.1) is 18.4 Å². The summed E-state index contributed by atoms with van der Waals surface area (Å²) in [4.78, 5) is 26.6. The van der Waals surface area contributed by atoms with Gasteiger partial charge < -0.3 is 14.3 Å². The number of alkyl halides is 3. The molecule has 4 aromatic rings. The van der Waals surface area contributed by atoms with Crippen LogP contribution in [0.25, 0.3) is 16.7 Å². The fourth-order valence-corrected chi connectivity index (χ4v) is 6.71. The SMILES string of the molecule is COc1ccc2c(c1)C1(CCCCC1)c1cc3oc(=O)c(Sc4cccc(C(F)(F)F)c4)c(O)c3c(=O)n1-2. The predicted octanol–water partition coefficient (Wildman–Crippen LogP) is 6.39. The van der Waals surface area contributed by atoms with Gasteiger partial charge in [-0.1, -0.05) is 37.1 Å². The van der Waals surface area contributed by atoms with Gasteiger partial charge in [-0.05, 0) is 54.8 Å². The third-order valence-corrected chi connectivity index (χ3v) is 8.60. The molecule has 1 aliphatic carbocycles. The number of halogens is 3. The van der Waals surface area contributed by atoms with E-state index in [-0.39, 0.29) is 20.8 Å². The average Bonchev–Trinajstić information content (AvgIpc) is 3.15. The van der Waals surface area contributed by atoms with Crippen molar-refractivity contribution in [2.24, 2.45) is 0 Å². The van der Waals surface area contributed by atoms with Crippen LogP contribution in [0, 0.1) is 0 Å². The summed E-state index contributed by atoms with van der Waals surface area (Å²) in [5.41, 5.74) is -0.586. The van der Waals surface area contributed by atoms with Gasteiger partial charge in [-0.15, -0.1) is 0 Å². The van der Waals surface area contributed by atoms with Crippen molar-refractivity contribution in [2.45, 2.75) is 53.5 Å². The van der Waals surface area contributed by atoms with Gasteiger partial charge in [0.15, 0.2) is 5.75 Å². The zero-order valence-corrected chi connectivity index (χ0v) is 21.0. The normalized spacial score (nSPS) is 16.0. The predicted molar refractivity (Wildman–Crippen MR) is 136 cm³/mol. The molecule has 2 aromatic heterocycles. The van der Waals surface area contributed by atoms with Crippen LogP contribution in [0.3, 0.4) is 0 Å². The standard InChI is InChI=1S/C28H22F3NO5S/c1-36-16-8-9-19-18(13-16)27(10-3-2-4-11-27)21-14-20-22(25(34)32(19)21)23(33)24(26(35)37-20)38-17-7-5-6-15(12-17)28(29,30)31/h5-9,12-14,33H,2-4,10-11H2,1H3. The van der Waals surface area contributed by atoms with E-state index >= 15 is 0 Å². The van der Waals surface area contributed by atoms with Crippen LogP contribution in [0.15, 0.2) is 72.3 Å². The van der Waals surface area contributed by atoms with Crippen LogP contribution >= 0.6 is 11.8 Å². The Labute approximate surface area is 218 Å². The number of hydrogen-bond acceptors (Lipinski definition) is 6. The lowest BCUT2D eigenvalue weighted by molar-refractivity contribution is -0.137. The lowest BCUT2D eigenvalue weighted by atomic mass is 9.68. The monoisotopic (exact) mass is 541 g/mol. The number of aromatic hydroxyl groups is 1. The summed E-state index contributed by atoms with van der Waals surface area (Å²) in [6.45, 7) is 0. The minimum Gasteiger partial charge on any atom is -0.505 e. The van der Waals surface area contributed by atoms with E-state index in [0.29, 0.717) is 28.9 Å². The van der Waals surface area contributed by atoms with Crippen molar-refractivity contribution in [3.8, 4) is 17.2 Å². The highest BCUT2D eigenvalue weighted by molar-refractivity contribution is 7.99. The third-order valence-electron chi connectivity index (χ3n) is 7.55. The summed E-state index contributed by atoms with van der Waals surface area (Å²) < 4.78 is 52.1. The highest BCUT2D eigenvalue weighted by Crippen LogP contribution is 2.52. The van der Waals surface area contributed by atoms with Crippen molar-refractivity contribution in [3.63, 3.8) is 0 Å². The first-order chi connectivity index (χ1) is 18.1. The Morgan fingerprint density at radius 3 is 2.53 bits per heavy atom. The van der Waals surface area contributed by atoms with Gasteiger partial charge in [0.25, 0.3) is 5.56 Å². The fourth-order valence-electron chi connectivity index (χ4n) is 5.82. The zero-order chi connectivity index (χ0) is 26.8. The number of benzene rings is 2. The van der Waals surface area contributed by atoms with Gasteiger partial charge in [0.2, 0.25) is 0 Å². The van der Waals surface area contributed by atoms with Crippen molar-refractivity contribution in [2.75, 3.05) is 7.11 Å². The summed E-state index contributed by atoms with van der Waals surface area (Å²) in [7, 11) is 1.58. The van der Waals surface area contributed by atoms with Crippen LogP contribution in [0.1, 0.15) is 48.9 Å². The van der Waals surface area contributed by atoms with E-state index < -0.39 is 34.1 Å². The Balaban J connectivity index is 1.57. The number of ether oxygens (including phenoxy) is 1. The van der Waals surface area contributed by atoms with Crippen molar-refractivity contribution in [1.29, 1.82) is 0 Å². The van der Waals surface area contributed by atoms with Crippen LogP contribution in [0.5, 0.6) is 11.5 Å². The van der Waals surface area contributed by atoms with Gasteiger partial charge in [-0.25, -0.2) is 4.79 Å². The van der Waals surface area contributed by atoms with Gasteiger partial charge in [-0.3, -0.25) is 9.36 Å². The molecule has 0 radical (unpaired) electrons. The van der Waals surface area contributed by atoms with E-state index in [1.807, 2.05) is 12.1 Å². The van der Waals surface area contributed by atoms with E-state index in [9.17, 15) is 27.9 Å². The maximum Gasteiger partial charge on any atom is 0.416 e. The number of aromatic nitrogens is 1. The minimum atomic E-state index is -4.57. The Morgan fingerprint density at radius 2 is 1.82 bits per heavy atom. The summed E-state index contributed by atoms with van der Waals surface area (Å²) in [5, 5.41) is 10.9. The van der Waals surface area contributed by atoms with Crippen LogP contribution in [-0.2, 0) is 11.6 Å². The molecule has 0 amide bonds. The molecule has 2 aliphatic rings. The molecule has 0 unspecified atom stereocenters. The summed E-state index contributed by atoms with van der Waals surface area (Å²) in [6.07, 6.45) is 0.0347. The molecule has 1 saturated carbocycles. The first-order valence-electron chi connectivity index (χ1n) is 12.1. The molecule has 0 saturated heterocycles. The Morgan fingerprint density at radius 1 is 1.05 bits per heavy atom. The van der Waals surface area contributed by atoms with Crippen LogP contribution in [-0.4, -0.2) is 16.8 Å². The molecule has 10 heteroatoms. The van der Waals surface area contributed by atoms with Crippen LogP contribution in [0.4, 0.5) is 13.2 Å². The molecular weight excluding hydrogens is 519 g/mol. The zero-order valence-electron chi connectivity index (χ0n) is 20.2. The van der Waals surface area contributed by atoms with Gasteiger partial charge in [0.1, 0.15) is 21.6 Å². The first-order valence-corrected chi connectivity index (χ1v) is 13.0. The van der Waals surface area contributed by atoms with Crippen LogP contribution < -0.4 is 15.9 Å². The maximum atomic E-state index is 13.9. The first kappa shape index (κ1) is 24.7. The molecule has 196 valence electrons. The highest BCUT2D eigenvalue weighted by atomic mass is 32.2. The second-order valence-corrected chi connectivity index (χ2v) is 10.7. The maximum absolute atomic E-state index is 13.9. The average molecular weight is 542 g/mol. The van der Waals surface area contributed by atoms with E-state index in [2.05, 4.69) is 0 Å². The molecule has 1 aliphatic heterocycles. The van der Waals surface area contributed by atoms with Crippen LogP contribution in [0.2, 0.25) is 0 Å². The number of fused-ring (bicyclic) bond motifs is 6. The lowest BCUT2D eigenvalue weighted by Crippen LogP contribution is -2.31. The molecule has 3 heterocycles. The highest BCUT2D eigenvalue weighted by Gasteiger charge is 2.46. The number of methoxy groups -OCH3 is 1. The Bertz CT molecular complexity index is 1720. The Hall–Kier alpha value is -3.66. The van der Waals surface area contributed by atoms with Gasteiger partial charge in [0, 0.05) is 22.1 Å². The topological polar surface area (TPSA) is 81.7 Å². The smallest absolute Gasteiger partial charge is 0.416 e. The molecule has 1 fully saturated rings. The van der Waals surface area contributed by atoms with Gasteiger partial charge >= 0.3 is 11.8 Å². The summed E-state index contributed by atoms with van der Waals surface area (Å²) in [6, 6.07) is 11.5. The molecule has 0 atom stereocenters. The molecule has 0 bridgehead atoms. The molecule has 1 spiro atoms. The van der Waals surface area contributed by atoms with E-state index in [1.165, 1.54) is 12.1 Å². The molecule has 6 rings (SSSR count). The number of rotatable bonds is 3. The molecular formula is C28H22F3NO5S. The molecule has 38 heavy (non-hydrogen) atoms. The fraction of sp³-hybridized carbons (Fsp3) is 0.286. The summed E-state index contributed by atoms with van der Waals surface area (Å²) >= 11 is 0.619. The van der Waals surface area contributed by atoms with E-state index in [0.717, 1.165) is 49.8 Å². The third kappa shape index (κ3) is 3.65. The van der Waals surface area contributed by atoms with Crippen molar-refractivity contribution >= 4 is 22.7 Å².